The first-order valence-electron chi connectivity index (χ1n) is 7.77. The molecule has 1 saturated heterocycles. The van der Waals surface area contributed by atoms with E-state index in [-0.39, 0.29) is 0 Å². The van der Waals surface area contributed by atoms with Gasteiger partial charge in [0.15, 0.2) is 0 Å². The van der Waals surface area contributed by atoms with Crippen molar-refractivity contribution in [3.8, 4) is 0 Å². The summed E-state index contributed by atoms with van der Waals surface area (Å²) in [6.45, 7) is 1.09. The average molecular weight is 273 g/mol. The van der Waals surface area contributed by atoms with E-state index in [1.54, 1.807) is 0 Å². The van der Waals surface area contributed by atoms with Gasteiger partial charge in [-0.2, -0.15) is 0 Å². The summed E-state index contributed by atoms with van der Waals surface area (Å²) in [6.07, 6.45) is 8.19. The quantitative estimate of drug-likeness (QED) is 0.626. The predicted molar refractivity (Wildman–Crippen MR) is 89.7 cm³/mol. The third kappa shape index (κ3) is 2.19. The Kier molecular flexibility index (Phi) is 3.11. The third-order valence-electron chi connectivity index (χ3n) is 4.40. The minimum absolute atomic E-state index is 1.09. The first-order valence-corrected chi connectivity index (χ1v) is 7.77. The number of rotatable bonds is 0. The molecule has 0 radical (unpaired) electrons. The van der Waals surface area contributed by atoms with E-state index in [9.17, 15) is 0 Å². The summed E-state index contributed by atoms with van der Waals surface area (Å²) < 4.78 is 0. The van der Waals surface area contributed by atoms with Crippen LogP contribution in [-0.2, 0) is 0 Å². The van der Waals surface area contributed by atoms with Crippen LogP contribution in [0.4, 0.5) is 0 Å². The molecule has 0 saturated carbocycles. The van der Waals surface area contributed by atoms with Crippen molar-refractivity contribution in [3.05, 3.63) is 76.5 Å². The maximum Gasteiger partial charge on any atom is 0.0193 e. The van der Waals surface area contributed by atoms with E-state index in [1.165, 1.54) is 46.4 Å². The van der Waals surface area contributed by atoms with Gasteiger partial charge in [-0.25, -0.2) is 0 Å². The van der Waals surface area contributed by atoms with Crippen LogP contribution in [0.1, 0.15) is 41.5 Å². The van der Waals surface area contributed by atoms with Crippen LogP contribution in [0, 0.1) is 0 Å². The maximum atomic E-state index is 3.65. The predicted octanol–water partition coefficient (Wildman–Crippen LogP) is 4.70. The summed E-state index contributed by atoms with van der Waals surface area (Å²) >= 11 is 0. The molecule has 2 aromatic carbocycles. The molecule has 0 aromatic heterocycles. The molecule has 4 rings (SSSR count). The second kappa shape index (κ2) is 5.25. The molecular formula is C20H19N. The number of benzene rings is 2. The van der Waals surface area contributed by atoms with E-state index in [4.69, 9.17) is 0 Å². The van der Waals surface area contributed by atoms with E-state index in [1.807, 2.05) is 0 Å². The molecule has 2 aliphatic rings. The van der Waals surface area contributed by atoms with Crippen LogP contribution in [0.3, 0.4) is 0 Å². The topological polar surface area (TPSA) is 12.0 Å². The highest BCUT2D eigenvalue weighted by atomic mass is 14.9. The lowest BCUT2D eigenvalue weighted by molar-refractivity contribution is 0.590. The van der Waals surface area contributed by atoms with Crippen LogP contribution in [0.2, 0.25) is 0 Å². The van der Waals surface area contributed by atoms with Crippen molar-refractivity contribution in [2.75, 3.05) is 6.54 Å². The molecule has 1 heteroatoms. The van der Waals surface area contributed by atoms with Gasteiger partial charge in [-0.05, 0) is 41.5 Å². The van der Waals surface area contributed by atoms with Crippen molar-refractivity contribution in [1.29, 1.82) is 0 Å². The second-order valence-electron chi connectivity index (χ2n) is 5.75. The van der Waals surface area contributed by atoms with Gasteiger partial charge in [0, 0.05) is 17.8 Å². The zero-order valence-corrected chi connectivity index (χ0v) is 12.1. The van der Waals surface area contributed by atoms with E-state index in [2.05, 4.69) is 66.0 Å². The molecule has 1 heterocycles. The molecule has 1 N–H and O–H groups in total. The Bertz CT molecular complexity index is 678. The fraction of sp³-hybridized carbons (Fsp3) is 0.200. The lowest BCUT2D eigenvalue weighted by atomic mass is 9.89. The molecule has 0 bridgehead atoms. The van der Waals surface area contributed by atoms with Crippen molar-refractivity contribution in [3.63, 3.8) is 0 Å². The van der Waals surface area contributed by atoms with Crippen LogP contribution < -0.4 is 5.32 Å². The van der Waals surface area contributed by atoms with Crippen molar-refractivity contribution in [2.45, 2.75) is 19.3 Å². The van der Waals surface area contributed by atoms with Gasteiger partial charge in [0.1, 0.15) is 0 Å². The molecule has 1 aliphatic heterocycles. The van der Waals surface area contributed by atoms with Crippen LogP contribution in [0.25, 0.3) is 17.7 Å². The van der Waals surface area contributed by atoms with E-state index >= 15 is 0 Å². The second-order valence-corrected chi connectivity index (χ2v) is 5.75. The fourth-order valence-electron chi connectivity index (χ4n) is 3.36. The van der Waals surface area contributed by atoms with Gasteiger partial charge in [0.25, 0.3) is 0 Å². The molecule has 0 atom stereocenters. The number of hydrogen-bond acceptors (Lipinski definition) is 1. The molecule has 1 fully saturated rings. The normalized spacial score (nSPS) is 16.8. The molecule has 2 aromatic rings. The fourth-order valence-corrected chi connectivity index (χ4v) is 3.36. The van der Waals surface area contributed by atoms with Gasteiger partial charge in [-0.1, -0.05) is 60.7 Å². The molecule has 0 spiro atoms. The lowest BCUT2D eigenvalue weighted by Crippen LogP contribution is -2.21. The lowest BCUT2D eigenvalue weighted by Gasteiger charge is -2.23. The average Bonchev–Trinajstić information content (AvgIpc) is 2.72. The van der Waals surface area contributed by atoms with Gasteiger partial charge < -0.3 is 5.32 Å². The number of allylic oxidation sites excluding steroid dienone is 1. The van der Waals surface area contributed by atoms with E-state index in [0.717, 1.165) is 13.0 Å². The van der Waals surface area contributed by atoms with Gasteiger partial charge in [-0.15, -0.1) is 0 Å². The molecule has 21 heavy (non-hydrogen) atoms. The Morgan fingerprint density at radius 2 is 1.33 bits per heavy atom. The molecule has 1 nitrogen and oxygen atoms in total. The Labute approximate surface area is 126 Å². The van der Waals surface area contributed by atoms with Crippen LogP contribution in [0.5, 0.6) is 0 Å². The van der Waals surface area contributed by atoms with Crippen LogP contribution >= 0.6 is 0 Å². The van der Waals surface area contributed by atoms with Crippen molar-refractivity contribution in [1.82, 2.24) is 5.32 Å². The Hall–Kier alpha value is -2.28. The summed E-state index contributed by atoms with van der Waals surface area (Å²) in [5, 5.41) is 3.65. The largest absolute Gasteiger partial charge is 0.388 e. The minimum atomic E-state index is 1.09. The zero-order chi connectivity index (χ0) is 14.1. The van der Waals surface area contributed by atoms with Crippen molar-refractivity contribution >= 4 is 17.7 Å². The highest BCUT2D eigenvalue weighted by Gasteiger charge is 2.19. The first kappa shape index (κ1) is 12.5. The molecular weight excluding hydrogens is 254 g/mol. The molecule has 1 aliphatic carbocycles. The van der Waals surface area contributed by atoms with Gasteiger partial charge in [0.05, 0.1) is 0 Å². The summed E-state index contributed by atoms with van der Waals surface area (Å²) in [4.78, 5) is 0. The van der Waals surface area contributed by atoms with Gasteiger partial charge >= 0.3 is 0 Å². The zero-order valence-electron chi connectivity index (χ0n) is 12.1. The number of fused-ring (bicyclic) bond motifs is 2. The molecule has 0 unspecified atom stereocenters. The smallest absolute Gasteiger partial charge is 0.0193 e. The van der Waals surface area contributed by atoms with E-state index in [0.29, 0.717) is 0 Å². The Morgan fingerprint density at radius 1 is 0.714 bits per heavy atom. The summed E-state index contributed by atoms with van der Waals surface area (Å²) in [5.74, 6) is 0. The number of hydrogen-bond donors (Lipinski definition) is 1. The minimum Gasteiger partial charge on any atom is -0.388 e. The third-order valence-corrected chi connectivity index (χ3v) is 4.40. The Morgan fingerprint density at radius 3 is 1.90 bits per heavy atom. The number of nitrogens with one attached hydrogen (secondary N) is 1. The summed E-state index contributed by atoms with van der Waals surface area (Å²) in [7, 11) is 0. The Balaban J connectivity index is 2.02. The maximum absolute atomic E-state index is 3.65. The highest BCUT2D eigenvalue weighted by Crippen LogP contribution is 2.36. The monoisotopic (exact) mass is 273 g/mol. The van der Waals surface area contributed by atoms with Crippen molar-refractivity contribution < 1.29 is 0 Å². The molecule has 0 amide bonds. The van der Waals surface area contributed by atoms with Gasteiger partial charge in [0.2, 0.25) is 0 Å². The molecule has 104 valence electrons. The summed E-state index contributed by atoms with van der Waals surface area (Å²) in [5.41, 5.74) is 8.12. The highest BCUT2D eigenvalue weighted by molar-refractivity contribution is 5.94. The van der Waals surface area contributed by atoms with Gasteiger partial charge in [-0.3, -0.25) is 0 Å². The summed E-state index contributed by atoms with van der Waals surface area (Å²) in [6, 6.07) is 17.4. The van der Waals surface area contributed by atoms with E-state index < -0.39 is 0 Å². The van der Waals surface area contributed by atoms with Crippen LogP contribution in [-0.4, -0.2) is 6.54 Å². The number of piperidine rings is 1. The SMILES string of the molecule is C1=Cc2ccccc2C(=C2CCCCN2)c2ccccc21. The van der Waals surface area contributed by atoms with Crippen molar-refractivity contribution in [2.24, 2.45) is 0 Å². The van der Waals surface area contributed by atoms with Crippen LogP contribution in [0.15, 0.2) is 54.2 Å². The standard InChI is InChI=1S/C20H19N/c1-3-9-17-15(7-1)12-13-16-8-2-4-10-18(16)20(17)19-11-5-6-14-21-19/h1-4,7-10,12-13,21H,5-6,11,14H2. The first-order chi connectivity index (χ1) is 10.4.